The van der Waals surface area contributed by atoms with E-state index in [1.54, 1.807) is 4.68 Å². The van der Waals surface area contributed by atoms with Crippen molar-refractivity contribution in [3.05, 3.63) is 17.3 Å². The van der Waals surface area contributed by atoms with E-state index in [9.17, 15) is 4.79 Å². The van der Waals surface area contributed by atoms with E-state index < -0.39 is 0 Å². The summed E-state index contributed by atoms with van der Waals surface area (Å²) in [7, 11) is 1.86. The van der Waals surface area contributed by atoms with Gasteiger partial charge in [-0.1, -0.05) is 11.8 Å². The van der Waals surface area contributed by atoms with Gasteiger partial charge in [-0.2, -0.15) is 0 Å². The molecule has 0 aliphatic carbocycles. The van der Waals surface area contributed by atoms with Crippen LogP contribution in [-0.4, -0.2) is 47.8 Å². The number of nitrogens with zero attached hydrogens (tertiary/aromatic N) is 6. The molecule has 0 atom stereocenters. The molecule has 0 aliphatic rings. The molecule has 0 aromatic carbocycles. The molecule has 3 heterocycles. The Morgan fingerprint density at radius 1 is 1.37 bits per heavy atom. The maximum atomic E-state index is 12.1. The van der Waals surface area contributed by atoms with E-state index in [2.05, 4.69) is 25.6 Å². The van der Waals surface area contributed by atoms with Crippen LogP contribution in [0.1, 0.15) is 19.5 Å². The molecule has 0 fully saturated rings. The standard InChI is InChI=1S/C16H21N7O2S2/c1-5-23-7-11(14(21-23)25-6-2)13-19-20-16(22(13)4)27-9-12(24)18-15-17-10(3)8-26-15/h7-8H,5-6,9H2,1-4H3,(H,17,18,24). The summed E-state index contributed by atoms with van der Waals surface area (Å²) in [5.74, 6) is 1.27. The molecule has 0 saturated carbocycles. The van der Waals surface area contributed by atoms with Crippen LogP contribution in [0.4, 0.5) is 5.13 Å². The fraction of sp³-hybridized carbons (Fsp3) is 0.438. The van der Waals surface area contributed by atoms with Crippen molar-refractivity contribution < 1.29 is 9.53 Å². The van der Waals surface area contributed by atoms with Crippen LogP contribution < -0.4 is 10.1 Å². The zero-order valence-electron chi connectivity index (χ0n) is 15.6. The highest BCUT2D eigenvalue weighted by atomic mass is 32.2. The summed E-state index contributed by atoms with van der Waals surface area (Å²) in [6.45, 7) is 7.06. The van der Waals surface area contributed by atoms with Crippen LogP contribution in [0.25, 0.3) is 11.4 Å². The van der Waals surface area contributed by atoms with Crippen LogP contribution in [0.2, 0.25) is 0 Å². The summed E-state index contributed by atoms with van der Waals surface area (Å²) in [6, 6.07) is 0. The number of nitrogens with one attached hydrogen (secondary N) is 1. The third kappa shape index (κ3) is 4.48. The molecule has 144 valence electrons. The molecule has 1 N–H and O–H groups in total. The Bertz CT molecular complexity index is 931. The van der Waals surface area contributed by atoms with E-state index in [0.29, 0.717) is 28.6 Å². The molecule has 3 aromatic rings. The number of hydrogen-bond acceptors (Lipinski definition) is 8. The fourth-order valence-electron chi connectivity index (χ4n) is 2.33. The van der Waals surface area contributed by atoms with Crippen molar-refractivity contribution in [2.24, 2.45) is 7.05 Å². The quantitative estimate of drug-likeness (QED) is 0.573. The number of hydrogen-bond donors (Lipinski definition) is 1. The van der Waals surface area contributed by atoms with Gasteiger partial charge in [-0.05, 0) is 20.8 Å². The Balaban J connectivity index is 1.70. The van der Waals surface area contributed by atoms with Crippen molar-refractivity contribution in [2.75, 3.05) is 17.7 Å². The van der Waals surface area contributed by atoms with E-state index in [1.165, 1.54) is 23.1 Å². The number of anilines is 1. The molecule has 0 aliphatic heterocycles. The number of thioether (sulfide) groups is 1. The van der Waals surface area contributed by atoms with Gasteiger partial charge in [0.15, 0.2) is 16.1 Å². The van der Waals surface area contributed by atoms with Crippen LogP contribution >= 0.6 is 23.1 Å². The molecule has 0 saturated heterocycles. The molecule has 27 heavy (non-hydrogen) atoms. The van der Waals surface area contributed by atoms with Crippen molar-refractivity contribution >= 4 is 34.1 Å². The van der Waals surface area contributed by atoms with Crippen molar-refractivity contribution in [2.45, 2.75) is 32.5 Å². The summed E-state index contributed by atoms with van der Waals surface area (Å²) in [4.78, 5) is 16.3. The van der Waals surface area contributed by atoms with E-state index in [4.69, 9.17) is 4.74 Å². The Labute approximate surface area is 165 Å². The molecule has 0 unspecified atom stereocenters. The lowest BCUT2D eigenvalue weighted by Gasteiger charge is -2.04. The number of carbonyl (C=O) groups excluding carboxylic acids is 1. The van der Waals surface area contributed by atoms with Gasteiger partial charge < -0.3 is 14.6 Å². The van der Waals surface area contributed by atoms with Crippen molar-refractivity contribution in [1.29, 1.82) is 0 Å². The lowest BCUT2D eigenvalue weighted by atomic mass is 10.3. The van der Waals surface area contributed by atoms with Crippen molar-refractivity contribution in [3.8, 4) is 17.3 Å². The predicted molar refractivity (Wildman–Crippen MR) is 105 cm³/mol. The second-order valence-corrected chi connectivity index (χ2v) is 7.43. The summed E-state index contributed by atoms with van der Waals surface area (Å²) >= 11 is 2.72. The number of rotatable bonds is 8. The molecule has 9 nitrogen and oxygen atoms in total. The molecule has 3 rings (SSSR count). The minimum absolute atomic E-state index is 0.132. The van der Waals surface area contributed by atoms with Gasteiger partial charge in [0.2, 0.25) is 11.8 Å². The first-order valence-electron chi connectivity index (χ1n) is 8.46. The highest BCUT2D eigenvalue weighted by Gasteiger charge is 2.19. The molecular weight excluding hydrogens is 386 g/mol. The largest absolute Gasteiger partial charge is 0.476 e. The van der Waals surface area contributed by atoms with Crippen molar-refractivity contribution in [3.63, 3.8) is 0 Å². The van der Waals surface area contributed by atoms with Crippen LogP contribution in [0.15, 0.2) is 16.7 Å². The lowest BCUT2D eigenvalue weighted by Crippen LogP contribution is -2.14. The molecule has 0 bridgehead atoms. The van der Waals surface area contributed by atoms with Gasteiger partial charge in [0.05, 0.1) is 18.1 Å². The monoisotopic (exact) mass is 407 g/mol. The number of aryl methyl sites for hydroxylation is 2. The predicted octanol–water partition coefficient (Wildman–Crippen LogP) is 2.59. The second-order valence-electron chi connectivity index (χ2n) is 5.63. The number of carbonyl (C=O) groups is 1. The van der Waals surface area contributed by atoms with Crippen LogP contribution in [0.3, 0.4) is 0 Å². The van der Waals surface area contributed by atoms with E-state index >= 15 is 0 Å². The molecular formula is C16H21N7O2S2. The summed E-state index contributed by atoms with van der Waals surface area (Å²) in [5.41, 5.74) is 1.67. The molecule has 3 aromatic heterocycles. The molecule has 11 heteroatoms. The number of ether oxygens (including phenoxy) is 1. The average molecular weight is 408 g/mol. The van der Waals surface area contributed by atoms with E-state index in [0.717, 1.165) is 17.8 Å². The van der Waals surface area contributed by atoms with Gasteiger partial charge in [-0.3, -0.25) is 9.48 Å². The van der Waals surface area contributed by atoms with Gasteiger partial charge >= 0.3 is 0 Å². The highest BCUT2D eigenvalue weighted by Crippen LogP contribution is 2.29. The summed E-state index contributed by atoms with van der Waals surface area (Å²) in [6.07, 6.45) is 1.89. The minimum atomic E-state index is -0.132. The van der Waals surface area contributed by atoms with Gasteiger partial charge in [0.25, 0.3) is 0 Å². The lowest BCUT2D eigenvalue weighted by molar-refractivity contribution is -0.113. The van der Waals surface area contributed by atoms with Gasteiger partial charge in [0.1, 0.15) is 5.56 Å². The van der Waals surface area contributed by atoms with E-state index in [-0.39, 0.29) is 11.7 Å². The first-order valence-corrected chi connectivity index (χ1v) is 10.3. The number of amides is 1. The van der Waals surface area contributed by atoms with Crippen LogP contribution in [0.5, 0.6) is 5.88 Å². The molecule has 0 radical (unpaired) electrons. The van der Waals surface area contributed by atoms with Crippen LogP contribution in [0, 0.1) is 6.92 Å². The number of aromatic nitrogens is 6. The van der Waals surface area contributed by atoms with E-state index in [1.807, 2.05) is 44.0 Å². The van der Waals surface area contributed by atoms with Gasteiger partial charge in [0, 0.05) is 25.2 Å². The topological polar surface area (TPSA) is 99.8 Å². The van der Waals surface area contributed by atoms with Crippen molar-refractivity contribution in [1.82, 2.24) is 29.5 Å². The first-order chi connectivity index (χ1) is 13.0. The molecule has 1 amide bonds. The maximum Gasteiger partial charge on any atom is 0.243 e. The third-order valence-corrected chi connectivity index (χ3v) is 5.50. The SMILES string of the molecule is CCOc1nn(CC)cc1-c1nnc(SCC(=O)Nc2nc(C)cs2)n1C. The second kappa shape index (κ2) is 8.53. The average Bonchev–Trinajstić information content (AvgIpc) is 3.33. The Kier molecular flexibility index (Phi) is 6.11. The fourth-order valence-corrected chi connectivity index (χ4v) is 3.75. The smallest absolute Gasteiger partial charge is 0.243 e. The van der Waals surface area contributed by atoms with Gasteiger partial charge in [-0.15, -0.1) is 26.6 Å². The number of thiazole rings is 1. The normalized spacial score (nSPS) is 11.0. The highest BCUT2D eigenvalue weighted by molar-refractivity contribution is 7.99. The van der Waals surface area contributed by atoms with Gasteiger partial charge in [-0.25, -0.2) is 4.98 Å². The Morgan fingerprint density at radius 3 is 2.85 bits per heavy atom. The Morgan fingerprint density at radius 2 is 2.19 bits per heavy atom. The third-order valence-electron chi connectivity index (χ3n) is 3.61. The zero-order chi connectivity index (χ0) is 19.4. The molecule has 0 spiro atoms. The summed E-state index contributed by atoms with van der Waals surface area (Å²) in [5, 5.41) is 18.8. The van der Waals surface area contributed by atoms with Crippen LogP contribution in [-0.2, 0) is 18.4 Å². The summed E-state index contributed by atoms with van der Waals surface area (Å²) < 4.78 is 9.25. The first kappa shape index (κ1) is 19.4. The zero-order valence-corrected chi connectivity index (χ0v) is 17.2. The Hall–Kier alpha value is -2.40. The minimum Gasteiger partial charge on any atom is -0.476 e. The maximum absolute atomic E-state index is 12.1.